The number of hydrogen-bond acceptors (Lipinski definition) is 4. The minimum Gasteiger partial charge on any atom is -0.493 e. The maximum atomic E-state index is 13.0. The summed E-state index contributed by atoms with van der Waals surface area (Å²) in [6.45, 7) is 7.51. The highest BCUT2D eigenvalue weighted by atomic mass is 16.5. The lowest BCUT2D eigenvalue weighted by molar-refractivity contribution is 0.0629. The van der Waals surface area contributed by atoms with Gasteiger partial charge in [-0.2, -0.15) is 0 Å². The molecule has 0 bridgehead atoms. The molecule has 1 fully saturated rings. The topological polar surface area (TPSA) is 50.6 Å². The third kappa shape index (κ3) is 4.54. The van der Waals surface area contributed by atoms with Gasteiger partial charge in [0, 0.05) is 57.2 Å². The zero-order chi connectivity index (χ0) is 20.8. The Morgan fingerprint density at radius 2 is 1.70 bits per heavy atom. The van der Waals surface area contributed by atoms with Crippen molar-refractivity contribution in [1.82, 2.24) is 19.4 Å². The van der Waals surface area contributed by atoms with Crippen molar-refractivity contribution < 1.29 is 9.53 Å². The highest BCUT2D eigenvalue weighted by molar-refractivity contribution is 5.97. The molecule has 2 heterocycles. The summed E-state index contributed by atoms with van der Waals surface area (Å²) in [7, 11) is 0. The number of hydrogen-bond donors (Lipinski definition) is 0. The van der Waals surface area contributed by atoms with E-state index in [1.165, 1.54) is 0 Å². The highest BCUT2D eigenvalue weighted by Gasteiger charge is 2.24. The predicted octanol–water partition coefficient (Wildman–Crippen LogP) is 3.41. The van der Waals surface area contributed by atoms with Crippen molar-refractivity contribution >= 4 is 5.91 Å². The number of carbonyl (C=O) groups excluding carboxylic acids is 1. The average molecular weight is 405 g/mol. The quantitative estimate of drug-likeness (QED) is 0.606. The minimum atomic E-state index is 0.0553. The SMILES string of the molecule is CCOc1ccccc1C(=O)N1CCN(CCn2ccnc2-c2ccccc2)CC1. The van der Waals surface area contributed by atoms with Crippen LogP contribution in [0.1, 0.15) is 17.3 Å². The number of para-hydroxylation sites is 1. The van der Waals surface area contributed by atoms with Gasteiger partial charge in [0.1, 0.15) is 11.6 Å². The van der Waals surface area contributed by atoms with E-state index in [1.54, 1.807) is 0 Å². The van der Waals surface area contributed by atoms with E-state index in [0.717, 1.165) is 50.7 Å². The van der Waals surface area contributed by atoms with Crippen molar-refractivity contribution in [3.05, 3.63) is 72.6 Å². The molecule has 2 aromatic carbocycles. The number of piperazine rings is 1. The van der Waals surface area contributed by atoms with E-state index in [9.17, 15) is 4.79 Å². The smallest absolute Gasteiger partial charge is 0.257 e. The summed E-state index contributed by atoms with van der Waals surface area (Å²) in [6, 6.07) is 17.8. The van der Waals surface area contributed by atoms with Crippen LogP contribution in [0.2, 0.25) is 0 Å². The Morgan fingerprint density at radius 3 is 2.47 bits per heavy atom. The molecule has 3 aromatic rings. The van der Waals surface area contributed by atoms with Crippen LogP contribution in [0.4, 0.5) is 0 Å². The maximum Gasteiger partial charge on any atom is 0.257 e. The fourth-order valence-corrected chi connectivity index (χ4v) is 3.86. The van der Waals surface area contributed by atoms with Crippen LogP contribution < -0.4 is 4.74 Å². The van der Waals surface area contributed by atoms with Gasteiger partial charge in [-0.3, -0.25) is 9.69 Å². The van der Waals surface area contributed by atoms with Crippen molar-refractivity contribution in [2.75, 3.05) is 39.3 Å². The molecular formula is C24H28N4O2. The molecule has 156 valence electrons. The number of rotatable bonds is 7. The summed E-state index contributed by atoms with van der Waals surface area (Å²) in [5.41, 5.74) is 1.78. The van der Waals surface area contributed by atoms with Gasteiger partial charge in [0.25, 0.3) is 5.91 Å². The van der Waals surface area contributed by atoms with E-state index >= 15 is 0 Å². The summed E-state index contributed by atoms with van der Waals surface area (Å²) in [4.78, 5) is 21.8. The highest BCUT2D eigenvalue weighted by Crippen LogP contribution is 2.21. The first-order chi connectivity index (χ1) is 14.8. The van der Waals surface area contributed by atoms with Crippen LogP contribution >= 0.6 is 0 Å². The molecule has 0 atom stereocenters. The summed E-state index contributed by atoms with van der Waals surface area (Å²) in [6.07, 6.45) is 3.89. The first-order valence-corrected chi connectivity index (χ1v) is 10.6. The van der Waals surface area contributed by atoms with Crippen molar-refractivity contribution in [2.45, 2.75) is 13.5 Å². The molecule has 0 spiro atoms. The number of aromatic nitrogens is 2. The van der Waals surface area contributed by atoms with Gasteiger partial charge in [0.05, 0.1) is 12.2 Å². The van der Waals surface area contributed by atoms with Gasteiger partial charge in [-0.15, -0.1) is 0 Å². The zero-order valence-electron chi connectivity index (χ0n) is 17.4. The van der Waals surface area contributed by atoms with Gasteiger partial charge in [0.15, 0.2) is 0 Å². The van der Waals surface area contributed by atoms with Gasteiger partial charge in [-0.1, -0.05) is 42.5 Å². The third-order valence-corrected chi connectivity index (χ3v) is 5.48. The standard InChI is InChI=1S/C24H28N4O2/c1-2-30-22-11-7-6-10-21(22)24(29)28-18-15-26(16-19-28)14-17-27-13-12-25-23(27)20-8-4-3-5-9-20/h3-13H,2,14-19H2,1H3. The van der Waals surface area contributed by atoms with E-state index in [2.05, 4.69) is 26.6 Å². The molecule has 0 saturated carbocycles. The third-order valence-electron chi connectivity index (χ3n) is 5.48. The second kappa shape index (κ2) is 9.59. The lowest BCUT2D eigenvalue weighted by Gasteiger charge is -2.35. The van der Waals surface area contributed by atoms with E-state index in [1.807, 2.05) is 66.7 Å². The second-order valence-corrected chi connectivity index (χ2v) is 7.37. The van der Waals surface area contributed by atoms with Gasteiger partial charge in [0.2, 0.25) is 0 Å². The number of imidazole rings is 1. The Bertz CT molecular complexity index is 962. The van der Waals surface area contributed by atoms with Gasteiger partial charge < -0.3 is 14.2 Å². The van der Waals surface area contributed by atoms with Crippen LogP contribution in [0, 0.1) is 0 Å². The van der Waals surface area contributed by atoms with Crippen molar-refractivity contribution in [3.8, 4) is 17.1 Å². The van der Waals surface area contributed by atoms with Crippen LogP contribution in [0.25, 0.3) is 11.4 Å². The first kappa shape index (κ1) is 20.2. The van der Waals surface area contributed by atoms with Crippen LogP contribution in [0.15, 0.2) is 67.0 Å². The van der Waals surface area contributed by atoms with E-state index in [4.69, 9.17) is 4.74 Å². The Kier molecular flexibility index (Phi) is 6.44. The molecule has 30 heavy (non-hydrogen) atoms. The van der Waals surface area contributed by atoms with Crippen LogP contribution in [0.5, 0.6) is 5.75 Å². The number of benzene rings is 2. The molecule has 1 aliphatic rings. The van der Waals surface area contributed by atoms with Crippen LogP contribution in [-0.2, 0) is 6.54 Å². The molecule has 1 saturated heterocycles. The molecule has 0 N–H and O–H groups in total. The molecule has 0 aliphatic carbocycles. The Balaban J connectivity index is 1.32. The molecular weight excluding hydrogens is 376 g/mol. The second-order valence-electron chi connectivity index (χ2n) is 7.37. The predicted molar refractivity (Wildman–Crippen MR) is 118 cm³/mol. The van der Waals surface area contributed by atoms with E-state index < -0.39 is 0 Å². The number of ether oxygens (including phenoxy) is 1. The Morgan fingerprint density at radius 1 is 0.967 bits per heavy atom. The van der Waals surface area contributed by atoms with E-state index in [-0.39, 0.29) is 5.91 Å². The Hall–Kier alpha value is -3.12. The monoisotopic (exact) mass is 404 g/mol. The van der Waals surface area contributed by atoms with Gasteiger partial charge in [-0.05, 0) is 19.1 Å². The fraction of sp³-hybridized carbons (Fsp3) is 0.333. The fourth-order valence-electron chi connectivity index (χ4n) is 3.86. The van der Waals surface area contributed by atoms with Gasteiger partial charge >= 0.3 is 0 Å². The minimum absolute atomic E-state index is 0.0553. The molecule has 0 radical (unpaired) electrons. The van der Waals surface area contributed by atoms with Crippen LogP contribution in [0.3, 0.4) is 0 Å². The largest absolute Gasteiger partial charge is 0.493 e. The Labute approximate surface area is 177 Å². The van der Waals surface area contributed by atoms with Crippen molar-refractivity contribution in [2.24, 2.45) is 0 Å². The van der Waals surface area contributed by atoms with Crippen molar-refractivity contribution in [1.29, 1.82) is 0 Å². The molecule has 6 heteroatoms. The normalized spacial score (nSPS) is 14.6. The summed E-state index contributed by atoms with van der Waals surface area (Å²) >= 11 is 0. The number of amides is 1. The van der Waals surface area contributed by atoms with Crippen molar-refractivity contribution in [3.63, 3.8) is 0 Å². The lowest BCUT2D eigenvalue weighted by atomic mass is 10.1. The number of carbonyl (C=O) groups is 1. The molecule has 6 nitrogen and oxygen atoms in total. The average Bonchev–Trinajstić information content (AvgIpc) is 3.27. The summed E-state index contributed by atoms with van der Waals surface area (Å²) in [5, 5.41) is 0. The van der Waals surface area contributed by atoms with E-state index in [0.29, 0.717) is 17.9 Å². The zero-order valence-corrected chi connectivity index (χ0v) is 17.4. The molecule has 1 aliphatic heterocycles. The molecule has 4 rings (SSSR count). The molecule has 0 unspecified atom stereocenters. The first-order valence-electron chi connectivity index (χ1n) is 10.6. The molecule has 1 amide bonds. The number of nitrogens with zero attached hydrogens (tertiary/aromatic N) is 4. The summed E-state index contributed by atoms with van der Waals surface area (Å²) in [5.74, 6) is 1.72. The maximum absolute atomic E-state index is 13.0. The van der Waals surface area contributed by atoms with Crippen LogP contribution in [-0.4, -0.2) is 64.6 Å². The van der Waals surface area contributed by atoms with Gasteiger partial charge in [-0.25, -0.2) is 4.98 Å². The molecule has 1 aromatic heterocycles. The summed E-state index contributed by atoms with van der Waals surface area (Å²) < 4.78 is 7.83. The lowest BCUT2D eigenvalue weighted by Crippen LogP contribution is -2.49.